The number of aromatic nitrogens is 5. The summed E-state index contributed by atoms with van der Waals surface area (Å²) in [5.74, 6) is -1.40. The number of phenols is 1. The van der Waals surface area contributed by atoms with Crippen molar-refractivity contribution in [3.8, 4) is 23.0 Å². The van der Waals surface area contributed by atoms with Crippen LogP contribution in [-0.2, 0) is 16.0 Å². The lowest BCUT2D eigenvalue weighted by Crippen LogP contribution is -2.60. The van der Waals surface area contributed by atoms with E-state index < -0.39 is 28.9 Å². The van der Waals surface area contributed by atoms with Gasteiger partial charge < -0.3 is 29.6 Å². The number of fused-ring (bicyclic) bond motifs is 3. The third-order valence-electron chi connectivity index (χ3n) is 17.0. The molecule has 6 aliphatic rings. The Morgan fingerprint density at radius 1 is 0.863 bits per heavy atom. The summed E-state index contributed by atoms with van der Waals surface area (Å²) in [6.07, 6.45) is 10.7. The zero-order valence-electron chi connectivity index (χ0n) is 41.6. The highest BCUT2D eigenvalue weighted by molar-refractivity contribution is 6.02. The summed E-state index contributed by atoms with van der Waals surface area (Å²) in [5, 5.41) is 31.1. The van der Waals surface area contributed by atoms with Gasteiger partial charge in [-0.2, -0.15) is 15.1 Å². The fourth-order valence-corrected chi connectivity index (χ4v) is 13.1. The van der Waals surface area contributed by atoms with E-state index in [1.54, 1.807) is 23.9 Å². The molecule has 2 saturated carbocycles. The number of anilines is 2. The Balaban J connectivity index is 0.675. The van der Waals surface area contributed by atoms with Crippen LogP contribution in [0, 0.1) is 22.5 Å². The molecule has 384 valence electrons. The van der Waals surface area contributed by atoms with Gasteiger partial charge in [-0.1, -0.05) is 13.0 Å². The summed E-state index contributed by atoms with van der Waals surface area (Å²) in [4.78, 5) is 47.4. The lowest BCUT2D eigenvalue weighted by Gasteiger charge is -2.57. The van der Waals surface area contributed by atoms with Crippen molar-refractivity contribution in [1.29, 1.82) is 0 Å². The van der Waals surface area contributed by atoms with Crippen LogP contribution >= 0.6 is 0 Å². The molecule has 3 aromatic heterocycles. The molecule has 73 heavy (non-hydrogen) atoms. The number of hydrogen-bond donors (Lipinski definition) is 3. The molecule has 4 saturated heterocycles. The Morgan fingerprint density at radius 3 is 2.38 bits per heavy atom. The minimum absolute atomic E-state index is 0.00684. The van der Waals surface area contributed by atoms with E-state index >= 15 is 13.2 Å². The van der Waals surface area contributed by atoms with Gasteiger partial charge in [-0.3, -0.25) is 29.5 Å². The second-order valence-corrected chi connectivity index (χ2v) is 22.6. The summed E-state index contributed by atoms with van der Waals surface area (Å²) >= 11 is 0. The van der Waals surface area contributed by atoms with Crippen LogP contribution in [0.4, 0.5) is 24.7 Å². The molecule has 18 heteroatoms. The van der Waals surface area contributed by atoms with Crippen molar-refractivity contribution in [1.82, 2.24) is 39.8 Å². The predicted molar refractivity (Wildman–Crippen MR) is 271 cm³/mol. The van der Waals surface area contributed by atoms with Crippen molar-refractivity contribution in [3.63, 3.8) is 0 Å². The number of piperidine rings is 3. The van der Waals surface area contributed by atoms with Crippen molar-refractivity contribution >= 4 is 55.9 Å². The minimum Gasteiger partial charge on any atom is -0.508 e. The van der Waals surface area contributed by atoms with Crippen molar-refractivity contribution in [2.24, 2.45) is 10.8 Å². The monoisotopic (exact) mass is 1000 g/mol. The number of nitrogens with zero attached hydrogens (tertiary/aromatic N) is 9. The predicted octanol–water partition coefficient (Wildman–Crippen LogP) is 7.64. The number of hydrogen-bond acceptors (Lipinski definition) is 13. The maximum atomic E-state index is 17.2. The highest BCUT2D eigenvalue weighted by Crippen LogP contribution is 2.58. The number of piperazine rings is 1. The number of benzene rings is 3. The third-order valence-corrected chi connectivity index (χ3v) is 17.0. The number of imide groups is 1. The van der Waals surface area contributed by atoms with Gasteiger partial charge >= 0.3 is 6.01 Å². The number of phenolic OH excluding ortho intramolecular Hbond substituents is 1. The van der Waals surface area contributed by atoms with Crippen LogP contribution in [0.5, 0.6) is 11.8 Å². The highest BCUT2D eigenvalue weighted by atomic mass is 19.1. The number of carbonyl (C=O) groups excluding carboxylic acids is 2. The maximum Gasteiger partial charge on any atom is 0.319 e. The van der Waals surface area contributed by atoms with Gasteiger partial charge in [0.15, 0.2) is 5.82 Å². The normalized spacial score (nSPS) is 24.1. The van der Waals surface area contributed by atoms with Crippen LogP contribution in [-0.4, -0.2) is 140 Å². The smallest absolute Gasteiger partial charge is 0.319 e. The molecular weight excluding hydrogens is 938 g/mol. The van der Waals surface area contributed by atoms with Gasteiger partial charge in [0.2, 0.25) is 5.91 Å². The average Bonchev–Trinajstić information content (AvgIpc) is 4.00. The summed E-state index contributed by atoms with van der Waals surface area (Å²) in [7, 11) is 0. The van der Waals surface area contributed by atoms with Crippen LogP contribution in [0.3, 0.4) is 0 Å². The lowest BCUT2D eigenvalue weighted by molar-refractivity contribution is -0.135. The van der Waals surface area contributed by atoms with Gasteiger partial charge in [0, 0.05) is 87.0 Å². The van der Waals surface area contributed by atoms with Crippen LogP contribution in [0.15, 0.2) is 54.9 Å². The van der Waals surface area contributed by atoms with Gasteiger partial charge in [-0.05, 0) is 142 Å². The van der Waals surface area contributed by atoms with Crippen molar-refractivity contribution in [2.75, 3.05) is 81.9 Å². The topological polar surface area (TPSA) is 165 Å². The quantitative estimate of drug-likeness (QED) is 0.103. The minimum atomic E-state index is -1.19. The maximum absolute atomic E-state index is 17.2. The van der Waals surface area contributed by atoms with E-state index in [4.69, 9.17) is 9.72 Å². The lowest BCUT2D eigenvalue weighted by atomic mass is 9.55. The third kappa shape index (κ3) is 9.10. The second-order valence-electron chi connectivity index (χ2n) is 22.6. The van der Waals surface area contributed by atoms with Crippen molar-refractivity contribution in [2.45, 2.75) is 102 Å². The number of likely N-dealkylation sites (tertiary alicyclic amines) is 1. The number of alkyl halides is 1. The molecule has 7 heterocycles. The number of ether oxygens (including phenoxy) is 1. The van der Waals surface area contributed by atoms with E-state index in [0.29, 0.717) is 92.2 Å². The first-order valence-electron chi connectivity index (χ1n) is 26.2. The van der Waals surface area contributed by atoms with Crippen LogP contribution in [0.25, 0.3) is 43.8 Å². The van der Waals surface area contributed by atoms with E-state index in [1.807, 2.05) is 17.9 Å². The molecule has 3 N–H and O–H groups in total. The second kappa shape index (κ2) is 18.1. The molecule has 2 amide bonds. The molecule has 2 aliphatic carbocycles. The van der Waals surface area contributed by atoms with E-state index in [2.05, 4.69) is 47.2 Å². The number of aliphatic hydroxyl groups is 1. The highest BCUT2D eigenvalue weighted by Gasteiger charge is 2.57. The van der Waals surface area contributed by atoms with E-state index in [9.17, 15) is 19.8 Å². The van der Waals surface area contributed by atoms with Crippen molar-refractivity contribution in [3.05, 3.63) is 72.1 Å². The average molecular weight is 1000 g/mol. The zero-order chi connectivity index (χ0) is 50.4. The molecule has 6 aromatic rings. The summed E-state index contributed by atoms with van der Waals surface area (Å²) in [5.41, 5.74) is 0.255. The van der Waals surface area contributed by atoms with Gasteiger partial charge in [-0.15, -0.1) is 0 Å². The van der Waals surface area contributed by atoms with Crippen molar-refractivity contribution < 1.29 is 37.7 Å². The zero-order valence-corrected chi connectivity index (χ0v) is 41.6. The van der Waals surface area contributed by atoms with Crippen LogP contribution in [0.2, 0.25) is 0 Å². The van der Waals surface area contributed by atoms with E-state index in [0.717, 1.165) is 88.1 Å². The molecule has 6 fully saturated rings. The Bertz CT molecular complexity index is 3160. The summed E-state index contributed by atoms with van der Waals surface area (Å²) in [6, 6.07) is 11.5. The fourth-order valence-electron chi connectivity index (χ4n) is 13.1. The first-order chi connectivity index (χ1) is 35.1. The molecule has 0 radical (unpaired) electrons. The van der Waals surface area contributed by atoms with Gasteiger partial charge in [0.25, 0.3) is 5.91 Å². The molecular formula is C55H63F3N10O5. The van der Waals surface area contributed by atoms with Crippen LogP contribution in [0.1, 0.15) is 89.7 Å². The molecule has 0 bridgehead atoms. The van der Waals surface area contributed by atoms with E-state index in [-0.39, 0.29) is 57.7 Å². The molecule has 4 aliphatic heterocycles. The van der Waals surface area contributed by atoms with Gasteiger partial charge in [-0.25, -0.2) is 13.2 Å². The first-order valence-corrected chi connectivity index (χ1v) is 26.2. The SMILES string of the molecule is CCc1c(F)ccc2cc(O)cc(-c3ncc4c(N5CCC[C@@](C)(O)C5)nc(OCC5(CN6CCC7(CC6)CC(F)(CN6CCN(c8ccc9c(cnn9C9CCC(=O)NC9=O)c8)CC6)C7)CC5)nc4c3F)c12. The largest absolute Gasteiger partial charge is 0.508 e. The standard InChI is InChI=1S/C55H63F3N10O5/c1-3-38-41(56)7-5-34-24-37(69)25-39(45(34)38)47-46(57)48-40(27-59-47)49(67-16-4-11-52(2,72)30-67)63-51(62-48)73-33-54(12-13-54)31-64-17-14-53(15-18-64)28-55(58,29-53)32-65-19-21-66(22-20-65)36-6-8-42-35(23-36)26-60-68(42)43-9-10-44(70)61-50(43)71/h5-8,23-27,43,69,72H,3-4,9-22,28-33H2,1-2H3,(H,61,70,71)/t43?,52-/m1/s1. The Kier molecular flexibility index (Phi) is 11.9. The Hall–Kier alpha value is -6.11. The Labute approximate surface area is 421 Å². The first kappa shape index (κ1) is 47.9. The number of aromatic hydroxyl groups is 1. The molecule has 1 unspecified atom stereocenters. The molecule has 12 rings (SSSR count). The molecule has 15 nitrogen and oxygen atoms in total. The molecule has 3 aromatic carbocycles. The number of carbonyl (C=O) groups is 2. The number of nitrogens with one attached hydrogen (secondary N) is 1. The fraction of sp³-hybridized carbons (Fsp3) is 0.527. The van der Waals surface area contributed by atoms with Gasteiger partial charge in [0.1, 0.15) is 40.3 Å². The Morgan fingerprint density at radius 2 is 1.64 bits per heavy atom. The van der Waals surface area contributed by atoms with Gasteiger partial charge in [0.05, 0.1) is 29.3 Å². The van der Waals surface area contributed by atoms with Crippen LogP contribution < -0.4 is 19.9 Å². The molecule has 1 spiro atoms. The van der Waals surface area contributed by atoms with E-state index in [1.165, 1.54) is 24.4 Å². The number of halogens is 3. The number of β-amino-alcohol motifs (C(OH)–C–C–N with tert-alkyl or cyclic N) is 1. The number of pyridine rings is 1. The summed E-state index contributed by atoms with van der Waals surface area (Å²) < 4.78 is 57.0. The number of aryl methyl sites for hydroxylation is 1. The number of amides is 2. The molecule has 2 atom stereocenters. The summed E-state index contributed by atoms with van der Waals surface area (Å²) in [6.45, 7) is 11.1. The number of rotatable bonds is 12.